The summed E-state index contributed by atoms with van der Waals surface area (Å²) >= 11 is 0. The van der Waals surface area contributed by atoms with E-state index >= 15 is 0 Å². The van der Waals surface area contributed by atoms with Gasteiger partial charge in [0.25, 0.3) is 11.8 Å². The van der Waals surface area contributed by atoms with E-state index in [0.29, 0.717) is 24.2 Å². The number of carbonyl (C=O) groups is 2. The highest BCUT2D eigenvalue weighted by atomic mass is 16.2. The summed E-state index contributed by atoms with van der Waals surface area (Å²) in [6.07, 6.45) is 1.77. The number of hydrogen-bond acceptors (Lipinski definition) is 3. The minimum Gasteiger partial charge on any atom is -0.350 e. The summed E-state index contributed by atoms with van der Waals surface area (Å²) in [7, 11) is 0. The number of imidazole rings is 1. The molecule has 6 nitrogen and oxygen atoms in total. The third kappa shape index (κ3) is 4.16. The predicted molar refractivity (Wildman–Crippen MR) is 112 cm³/mol. The molecule has 3 aromatic carbocycles. The van der Waals surface area contributed by atoms with Crippen LogP contribution in [0, 0.1) is 0 Å². The van der Waals surface area contributed by atoms with Gasteiger partial charge in [-0.2, -0.15) is 0 Å². The van der Waals surface area contributed by atoms with Crippen LogP contribution >= 0.6 is 0 Å². The van der Waals surface area contributed by atoms with E-state index in [1.54, 1.807) is 30.6 Å². The Kier molecular flexibility index (Phi) is 5.33. The summed E-state index contributed by atoms with van der Waals surface area (Å²) in [5.41, 5.74) is 4.03. The molecule has 0 atom stereocenters. The topological polar surface area (TPSA) is 76.0 Å². The molecular formula is C23H20N4O2. The van der Waals surface area contributed by atoms with Gasteiger partial charge in [-0.15, -0.1) is 0 Å². The van der Waals surface area contributed by atoms with Crippen LogP contribution in [0.3, 0.4) is 0 Å². The quantitative estimate of drug-likeness (QED) is 0.501. The minimum absolute atomic E-state index is 0.156. The Labute approximate surface area is 168 Å². The van der Waals surface area contributed by atoms with Crippen molar-refractivity contribution in [1.29, 1.82) is 0 Å². The van der Waals surface area contributed by atoms with Crippen molar-refractivity contribution < 1.29 is 9.59 Å². The zero-order chi connectivity index (χ0) is 20.1. The number of benzene rings is 3. The maximum Gasteiger partial charge on any atom is 0.251 e. The van der Waals surface area contributed by atoms with Crippen LogP contribution in [-0.4, -0.2) is 34.5 Å². The van der Waals surface area contributed by atoms with E-state index in [1.165, 1.54) is 0 Å². The third-order valence-electron chi connectivity index (χ3n) is 4.59. The van der Waals surface area contributed by atoms with Crippen LogP contribution in [0.4, 0.5) is 0 Å². The fourth-order valence-corrected chi connectivity index (χ4v) is 3.08. The van der Waals surface area contributed by atoms with Gasteiger partial charge in [-0.05, 0) is 48.5 Å². The second kappa shape index (κ2) is 8.39. The number of hydrogen-bond donors (Lipinski definition) is 2. The summed E-state index contributed by atoms with van der Waals surface area (Å²) in [6, 6.07) is 24.2. The summed E-state index contributed by atoms with van der Waals surface area (Å²) in [6.45, 7) is 0.712. The van der Waals surface area contributed by atoms with E-state index in [0.717, 1.165) is 16.7 Å². The largest absolute Gasteiger partial charge is 0.350 e. The molecular weight excluding hydrogens is 364 g/mol. The van der Waals surface area contributed by atoms with Crippen LogP contribution in [0.2, 0.25) is 0 Å². The number of rotatable bonds is 6. The van der Waals surface area contributed by atoms with E-state index in [2.05, 4.69) is 15.6 Å². The molecule has 0 aliphatic carbocycles. The van der Waals surface area contributed by atoms with Gasteiger partial charge < -0.3 is 10.6 Å². The second-order valence-corrected chi connectivity index (χ2v) is 6.53. The number of amides is 2. The number of nitrogens with zero attached hydrogens (tertiary/aromatic N) is 2. The molecule has 0 saturated heterocycles. The molecule has 0 aliphatic heterocycles. The molecule has 2 N–H and O–H groups in total. The lowest BCUT2D eigenvalue weighted by Gasteiger charge is -2.08. The Balaban J connectivity index is 1.32. The normalized spacial score (nSPS) is 10.6. The van der Waals surface area contributed by atoms with E-state index in [4.69, 9.17) is 0 Å². The Morgan fingerprint density at radius 1 is 0.724 bits per heavy atom. The van der Waals surface area contributed by atoms with Crippen LogP contribution < -0.4 is 10.6 Å². The zero-order valence-corrected chi connectivity index (χ0v) is 15.7. The van der Waals surface area contributed by atoms with Crippen LogP contribution in [0.25, 0.3) is 16.7 Å². The molecule has 29 heavy (non-hydrogen) atoms. The molecule has 0 aliphatic rings. The first-order valence-corrected chi connectivity index (χ1v) is 9.36. The van der Waals surface area contributed by atoms with Gasteiger partial charge in [0.2, 0.25) is 0 Å². The summed E-state index contributed by atoms with van der Waals surface area (Å²) < 4.78 is 1.98. The smallest absolute Gasteiger partial charge is 0.251 e. The fourth-order valence-electron chi connectivity index (χ4n) is 3.08. The van der Waals surface area contributed by atoms with Crippen LogP contribution in [0.15, 0.2) is 85.2 Å². The number of carbonyl (C=O) groups excluding carboxylic acids is 2. The Morgan fingerprint density at radius 3 is 2.00 bits per heavy atom. The minimum atomic E-state index is -0.180. The van der Waals surface area contributed by atoms with Crippen molar-refractivity contribution in [2.75, 3.05) is 13.1 Å². The molecule has 2 amide bonds. The lowest BCUT2D eigenvalue weighted by molar-refractivity contribution is 0.0927. The zero-order valence-electron chi connectivity index (χ0n) is 15.7. The van der Waals surface area contributed by atoms with Crippen molar-refractivity contribution in [3.05, 3.63) is 96.3 Å². The van der Waals surface area contributed by atoms with Gasteiger partial charge in [-0.1, -0.05) is 30.3 Å². The molecule has 0 fully saturated rings. The van der Waals surface area contributed by atoms with Crippen molar-refractivity contribution in [1.82, 2.24) is 20.2 Å². The van der Waals surface area contributed by atoms with Crippen molar-refractivity contribution in [3.63, 3.8) is 0 Å². The predicted octanol–water partition coefficient (Wildman–Crippen LogP) is 3.19. The molecule has 0 bridgehead atoms. The number of nitrogens with one attached hydrogen (secondary N) is 2. The second-order valence-electron chi connectivity index (χ2n) is 6.53. The van der Waals surface area contributed by atoms with Gasteiger partial charge in [0.15, 0.2) is 0 Å². The highest BCUT2D eigenvalue weighted by Gasteiger charge is 2.08. The van der Waals surface area contributed by atoms with Gasteiger partial charge in [0.1, 0.15) is 6.33 Å². The highest BCUT2D eigenvalue weighted by molar-refractivity contribution is 5.95. The fraction of sp³-hybridized carbons (Fsp3) is 0.0870. The molecule has 1 aromatic heterocycles. The standard InChI is InChI=1S/C23H20N4O2/c28-22(17-6-2-1-3-7-17)24-14-15-25-23(29)18-10-12-19(13-11-18)27-16-26-20-8-4-5-9-21(20)27/h1-13,16H,14-15H2,(H,24,28)(H,25,29). The summed E-state index contributed by atoms with van der Waals surface area (Å²) in [4.78, 5) is 28.7. The van der Waals surface area contributed by atoms with E-state index < -0.39 is 0 Å². The highest BCUT2D eigenvalue weighted by Crippen LogP contribution is 2.18. The van der Waals surface area contributed by atoms with Crippen molar-refractivity contribution in [2.45, 2.75) is 0 Å². The van der Waals surface area contributed by atoms with E-state index in [1.807, 2.05) is 59.2 Å². The molecule has 144 valence electrons. The van der Waals surface area contributed by atoms with Gasteiger partial charge in [-0.25, -0.2) is 4.98 Å². The maximum absolute atomic E-state index is 12.3. The van der Waals surface area contributed by atoms with Crippen LogP contribution in [0.5, 0.6) is 0 Å². The molecule has 0 radical (unpaired) electrons. The lowest BCUT2D eigenvalue weighted by Crippen LogP contribution is -2.34. The van der Waals surface area contributed by atoms with Crippen molar-refractivity contribution in [2.24, 2.45) is 0 Å². The monoisotopic (exact) mass is 384 g/mol. The molecule has 4 aromatic rings. The SMILES string of the molecule is O=C(NCCNC(=O)c1ccc(-n2cnc3ccccc32)cc1)c1ccccc1. The Hall–Kier alpha value is -3.93. The van der Waals surface area contributed by atoms with Gasteiger partial charge in [0, 0.05) is 29.9 Å². The van der Waals surface area contributed by atoms with Gasteiger partial charge in [-0.3, -0.25) is 14.2 Å². The van der Waals surface area contributed by atoms with Crippen LogP contribution in [0.1, 0.15) is 20.7 Å². The first kappa shape index (κ1) is 18.4. The Bertz CT molecular complexity index is 1130. The van der Waals surface area contributed by atoms with Crippen molar-refractivity contribution in [3.8, 4) is 5.69 Å². The Morgan fingerprint density at radius 2 is 1.31 bits per heavy atom. The number of para-hydroxylation sites is 2. The molecule has 0 unspecified atom stereocenters. The third-order valence-corrected chi connectivity index (χ3v) is 4.59. The molecule has 0 spiro atoms. The average molecular weight is 384 g/mol. The van der Waals surface area contributed by atoms with Crippen LogP contribution in [-0.2, 0) is 0 Å². The lowest BCUT2D eigenvalue weighted by atomic mass is 10.2. The maximum atomic E-state index is 12.3. The van der Waals surface area contributed by atoms with Gasteiger partial charge in [0.05, 0.1) is 11.0 Å². The van der Waals surface area contributed by atoms with Crippen molar-refractivity contribution >= 4 is 22.8 Å². The average Bonchev–Trinajstić information content (AvgIpc) is 3.21. The molecule has 0 saturated carbocycles. The summed E-state index contributed by atoms with van der Waals surface area (Å²) in [5.74, 6) is -0.335. The van der Waals surface area contributed by atoms with Gasteiger partial charge >= 0.3 is 0 Å². The number of fused-ring (bicyclic) bond motifs is 1. The first-order chi connectivity index (χ1) is 14.2. The summed E-state index contributed by atoms with van der Waals surface area (Å²) in [5, 5.41) is 5.60. The van der Waals surface area contributed by atoms with E-state index in [-0.39, 0.29) is 11.8 Å². The molecule has 6 heteroatoms. The molecule has 1 heterocycles. The number of aromatic nitrogens is 2. The molecule has 4 rings (SSSR count). The van der Waals surface area contributed by atoms with E-state index in [9.17, 15) is 9.59 Å². The first-order valence-electron chi connectivity index (χ1n) is 9.36.